The van der Waals surface area contributed by atoms with Gasteiger partial charge in [0.15, 0.2) is 0 Å². The number of nitrogens with one attached hydrogen (secondary N) is 2. The van der Waals surface area contributed by atoms with Crippen molar-refractivity contribution in [2.45, 2.75) is 38.3 Å². The van der Waals surface area contributed by atoms with Gasteiger partial charge in [0.25, 0.3) is 0 Å². The molecule has 4 heteroatoms. The first-order valence-corrected chi connectivity index (χ1v) is 9.51. The fraction of sp³-hybridized carbons (Fsp3) is 0.500. The Labute approximate surface area is 150 Å². The van der Waals surface area contributed by atoms with Gasteiger partial charge < -0.3 is 15.1 Å². The summed E-state index contributed by atoms with van der Waals surface area (Å²) in [5, 5.41) is 4.27. The number of halogens is 1. The first kappa shape index (κ1) is 16.2. The van der Waals surface area contributed by atoms with E-state index < -0.39 is 0 Å². The summed E-state index contributed by atoms with van der Waals surface area (Å²) >= 11 is 6.30. The second-order valence-electron chi connectivity index (χ2n) is 7.48. The smallest absolute Gasteiger partial charge is 0.118 e. The molecule has 2 fully saturated rings. The predicted octanol–water partition coefficient (Wildman–Crippen LogP) is 2.73. The van der Waals surface area contributed by atoms with Crippen LogP contribution in [0.4, 0.5) is 5.69 Å². The Bertz CT molecular complexity index is 659. The van der Waals surface area contributed by atoms with Crippen molar-refractivity contribution < 1.29 is 4.90 Å². The lowest BCUT2D eigenvalue weighted by atomic mass is 9.93. The molecule has 0 radical (unpaired) electrons. The van der Waals surface area contributed by atoms with Gasteiger partial charge >= 0.3 is 0 Å². The van der Waals surface area contributed by atoms with Crippen LogP contribution in [0.5, 0.6) is 0 Å². The van der Waals surface area contributed by atoms with Crippen molar-refractivity contribution in [2.75, 3.05) is 24.5 Å². The molecule has 128 valence electrons. The first-order valence-electron chi connectivity index (χ1n) is 9.14. The van der Waals surface area contributed by atoms with Crippen LogP contribution in [0.1, 0.15) is 31.2 Å². The molecule has 0 bridgehead atoms. The lowest BCUT2D eigenvalue weighted by molar-refractivity contribution is -0.919. The quantitative estimate of drug-likeness (QED) is 0.879. The van der Waals surface area contributed by atoms with Crippen LogP contribution in [0.15, 0.2) is 42.8 Å². The van der Waals surface area contributed by atoms with E-state index in [0.717, 1.165) is 50.1 Å². The normalized spacial score (nSPS) is 25.3. The minimum absolute atomic E-state index is 0.536. The molecule has 0 spiro atoms. The number of fused-ring (bicyclic) bond motifs is 1. The van der Waals surface area contributed by atoms with Gasteiger partial charge in [0.2, 0.25) is 0 Å². The number of hydrogen-bond donors (Lipinski definition) is 2. The Kier molecular flexibility index (Phi) is 4.42. The molecule has 1 unspecified atom stereocenters. The molecule has 24 heavy (non-hydrogen) atoms. The fourth-order valence-corrected chi connectivity index (χ4v) is 4.40. The summed E-state index contributed by atoms with van der Waals surface area (Å²) in [4.78, 5) is 3.97. The Morgan fingerprint density at radius 1 is 1.17 bits per heavy atom. The fourth-order valence-electron chi connectivity index (χ4n) is 4.21. The highest BCUT2D eigenvalue weighted by molar-refractivity contribution is 6.30. The van der Waals surface area contributed by atoms with Crippen molar-refractivity contribution in [3.8, 4) is 0 Å². The second-order valence-corrected chi connectivity index (χ2v) is 7.91. The number of piperidine rings is 1. The van der Waals surface area contributed by atoms with E-state index >= 15 is 0 Å². The van der Waals surface area contributed by atoms with Crippen LogP contribution in [0.2, 0.25) is 5.02 Å². The van der Waals surface area contributed by atoms with Crippen molar-refractivity contribution in [2.24, 2.45) is 5.92 Å². The van der Waals surface area contributed by atoms with Crippen LogP contribution < -0.4 is 15.1 Å². The highest BCUT2D eigenvalue weighted by Gasteiger charge is 2.38. The summed E-state index contributed by atoms with van der Waals surface area (Å²) < 4.78 is 0. The number of nitrogens with zero attached hydrogens (tertiary/aromatic N) is 1. The predicted molar refractivity (Wildman–Crippen MR) is 100 cm³/mol. The molecular weight excluding hydrogens is 318 g/mol. The molecule has 1 saturated carbocycles. The van der Waals surface area contributed by atoms with Crippen molar-refractivity contribution in [3.63, 3.8) is 0 Å². The number of quaternary nitrogens is 1. The molecule has 1 aromatic rings. The number of allylic oxidation sites excluding steroid dienone is 1. The van der Waals surface area contributed by atoms with E-state index in [4.69, 9.17) is 11.6 Å². The largest absolute Gasteiger partial charge is 0.324 e. The van der Waals surface area contributed by atoms with Gasteiger partial charge in [-0.25, -0.2) is 0 Å². The van der Waals surface area contributed by atoms with Crippen LogP contribution >= 0.6 is 11.6 Å². The maximum atomic E-state index is 6.30. The third-order valence-electron chi connectivity index (χ3n) is 5.70. The van der Waals surface area contributed by atoms with Gasteiger partial charge in [-0.1, -0.05) is 24.8 Å². The number of rotatable bonds is 3. The third kappa shape index (κ3) is 3.13. The summed E-state index contributed by atoms with van der Waals surface area (Å²) in [6.45, 7) is 13.1. The average Bonchev–Trinajstić information content (AvgIpc) is 3.42. The number of hydrogen-bond acceptors (Lipinski definition) is 2. The van der Waals surface area contributed by atoms with Crippen LogP contribution in [0.25, 0.3) is 0 Å². The van der Waals surface area contributed by atoms with Gasteiger partial charge in [-0.3, -0.25) is 0 Å². The van der Waals surface area contributed by atoms with Gasteiger partial charge in [0.1, 0.15) is 13.1 Å². The highest BCUT2D eigenvalue weighted by atomic mass is 35.5. The Balaban J connectivity index is 1.69. The van der Waals surface area contributed by atoms with E-state index in [1.807, 2.05) is 6.07 Å². The monoisotopic (exact) mass is 344 g/mol. The second kappa shape index (κ2) is 6.55. The minimum atomic E-state index is 0.536. The molecule has 3 nitrogen and oxygen atoms in total. The van der Waals surface area contributed by atoms with Crippen LogP contribution in [-0.4, -0.2) is 25.7 Å². The zero-order valence-corrected chi connectivity index (χ0v) is 15.0. The van der Waals surface area contributed by atoms with Gasteiger partial charge in [0.05, 0.1) is 17.4 Å². The lowest BCUT2D eigenvalue weighted by Gasteiger charge is -2.34. The molecule has 3 aliphatic rings. The summed E-state index contributed by atoms with van der Waals surface area (Å²) in [5.74, 6) is 0.536. The molecule has 0 aromatic heterocycles. The standard InChI is InChI=1S/C20H26ClN3/c1-14-12-23(19-4-5-19)13-17-11-18(21)3-6-20(17)24(14)15(2)16-7-9-22-10-8-16/h3,6,11,16,19,22H,1-2,4-5,7-10,12-13H2/p+1. The zero-order valence-electron chi connectivity index (χ0n) is 14.3. The zero-order chi connectivity index (χ0) is 16.7. The molecular formula is C20H27ClN3+. The Morgan fingerprint density at radius 2 is 1.92 bits per heavy atom. The van der Waals surface area contributed by atoms with Gasteiger partial charge in [0, 0.05) is 35.0 Å². The van der Waals surface area contributed by atoms with Crippen LogP contribution in [0.3, 0.4) is 0 Å². The lowest BCUT2D eigenvalue weighted by Crippen LogP contribution is -3.12. The van der Waals surface area contributed by atoms with E-state index in [1.165, 1.54) is 35.5 Å². The van der Waals surface area contributed by atoms with Gasteiger partial charge in [-0.15, -0.1) is 0 Å². The van der Waals surface area contributed by atoms with E-state index in [0.29, 0.717) is 5.92 Å². The SMILES string of the molecule is C=C1C[NH+](C2CC2)Cc2cc(Cl)ccc2N1C(=C)C1CCNCC1. The van der Waals surface area contributed by atoms with Crippen molar-refractivity contribution in [1.29, 1.82) is 0 Å². The maximum Gasteiger partial charge on any atom is 0.118 e. The molecule has 4 rings (SSSR count). The van der Waals surface area contributed by atoms with Gasteiger partial charge in [-0.05, 0) is 44.1 Å². The first-order chi connectivity index (χ1) is 11.6. The number of benzene rings is 1. The van der Waals surface area contributed by atoms with Crippen molar-refractivity contribution in [3.05, 3.63) is 53.3 Å². The molecule has 1 atom stereocenters. The van der Waals surface area contributed by atoms with E-state index in [-0.39, 0.29) is 0 Å². The third-order valence-corrected chi connectivity index (χ3v) is 5.93. The average molecular weight is 345 g/mol. The van der Waals surface area contributed by atoms with E-state index in [9.17, 15) is 0 Å². The van der Waals surface area contributed by atoms with E-state index in [2.05, 4.69) is 35.5 Å². The van der Waals surface area contributed by atoms with E-state index in [1.54, 1.807) is 4.90 Å². The molecule has 2 N–H and O–H groups in total. The minimum Gasteiger partial charge on any atom is -0.324 e. The Morgan fingerprint density at radius 3 is 2.62 bits per heavy atom. The molecule has 1 aliphatic carbocycles. The maximum absolute atomic E-state index is 6.30. The number of anilines is 1. The summed E-state index contributed by atoms with van der Waals surface area (Å²) in [6, 6.07) is 7.09. The van der Waals surface area contributed by atoms with Crippen molar-refractivity contribution >= 4 is 17.3 Å². The highest BCUT2D eigenvalue weighted by Crippen LogP contribution is 2.35. The summed E-state index contributed by atoms with van der Waals surface area (Å²) in [7, 11) is 0. The molecule has 1 aromatic carbocycles. The Hall–Kier alpha value is -1.29. The molecule has 1 saturated heterocycles. The van der Waals surface area contributed by atoms with Crippen LogP contribution in [-0.2, 0) is 6.54 Å². The summed E-state index contributed by atoms with van der Waals surface area (Å²) in [6.07, 6.45) is 5.00. The van der Waals surface area contributed by atoms with Gasteiger partial charge in [-0.2, -0.15) is 0 Å². The summed E-state index contributed by atoms with van der Waals surface area (Å²) in [5.41, 5.74) is 4.96. The molecule has 2 aliphatic heterocycles. The topological polar surface area (TPSA) is 19.7 Å². The van der Waals surface area contributed by atoms with Crippen LogP contribution in [0, 0.1) is 5.92 Å². The molecule has 2 heterocycles. The molecule has 0 amide bonds. The van der Waals surface area contributed by atoms with Crippen molar-refractivity contribution in [1.82, 2.24) is 5.32 Å².